The molecule has 2 saturated heterocycles. The van der Waals surface area contributed by atoms with Crippen LogP contribution in [0, 0.1) is 11.8 Å². The fourth-order valence-electron chi connectivity index (χ4n) is 3.09. The second-order valence-electron chi connectivity index (χ2n) is 6.52. The van der Waals surface area contributed by atoms with Crippen molar-refractivity contribution in [3.63, 3.8) is 0 Å². The Bertz CT molecular complexity index is 224. The molecule has 18 heavy (non-hydrogen) atoms. The molecule has 2 heterocycles. The molecule has 0 aromatic heterocycles. The number of rotatable bonds is 6. The summed E-state index contributed by atoms with van der Waals surface area (Å²) in [6.45, 7) is 14.9. The van der Waals surface area contributed by atoms with E-state index in [1.54, 1.807) is 0 Å². The van der Waals surface area contributed by atoms with Gasteiger partial charge in [0.15, 0.2) is 0 Å². The molecule has 0 aromatic carbocycles. The zero-order valence-electron chi connectivity index (χ0n) is 12.3. The summed E-state index contributed by atoms with van der Waals surface area (Å²) < 4.78 is 0. The van der Waals surface area contributed by atoms with E-state index in [1.165, 1.54) is 71.6 Å². The van der Waals surface area contributed by atoms with Crippen LogP contribution < -0.4 is 5.32 Å². The quantitative estimate of drug-likeness (QED) is 0.776. The van der Waals surface area contributed by atoms with Gasteiger partial charge in [0.25, 0.3) is 0 Å². The molecular weight excluding hydrogens is 222 g/mol. The van der Waals surface area contributed by atoms with Crippen LogP contribution in [-0.4, -0.2) is 62.2 Å². The maximum absolute atomic E-state index is 3.43. The zero-order chi connectivity index (χ0) is 12.8. The number of nitrogens with zero attached hydrogens (tertiary/aromatic N) is 2. The van der Waals surface area contributed by atoms with Gasteiger partial charge in [-0.05, 0) is 50.7 Å². The molecule has 2 aliphatic rings. The zero-order valence-corrected chi connectivity index (χ0v) is 12.3. The monoisotopic (exact) mass is 253 g/mol. The largest absolute Gasteiger partial charge is 0.314 e. The van der Waals surface area contributed by atoms with Crippen LogP contribution in [0.1, 0.15) is 33.1 Å². The minimum atomic E-state index is 0.852. The number of hydrogen-bond donors (Lipinski definition) is 1. The van der Waals surface area contributed by atoms with Gasteiger partial charge in [-0.2, -0.15) is 0 Å². The molecule has 106 valence electrons. The molecule has 3 heteroatoms. The van der Waals surface area contributed by atoms with Crippen molar-refractivity contribution in [1.82, 2.24) is 15.1 Å². The van der Waals surface area contributed by atoms with E-state index in [0.29, 0.717) is 0 Å². The van der Waals surface area contributed by atoms with E-state index in [2.05, 4.69) is 29.0 Å². The van der Waals surface area contributed by atoms with E-state index in [0.717, 1.165) is 11.8 Å². The van der Waals surface area contributed by atoms with Gasteiger partial charge in [-0.15, -0.1) is 0 Å². The van der Waals surface area contributed by atoms with Crippen LogP contribution in [0.4, 0.5) is 0 Å². The second kappa shape index (κ2) is 7.46. The predicted octanol–water partition coefficient (Wildman–Crippen LogP) is 1.65. The lowest BCUT2D eigenvalue weighted by Crippen LogP contribution is -2.44. The SMILES string of the molecule is CC(C)CCN1CCC(CCN2CCNCC2)C1. The Morgan fingerprint density at radius 2 is 1.83 bits per heavy atom. The van der Waals surface area contributed by atoms with Crippen LogP contribution >= 0.6 is 0 Å². The Morgan fingerprint density at radius 3 is 2.56 bits per heavy atom. The van der Waals surface area contributed by atoms with Crippen LogP contribution in [0.5, 0.6) is 0 Å². The lowest BCUT2D eigenvalue weighted by molar-refractivity contribution is 0.221. The van der Waals surface area contributed by atoms with E-state index in [4.69, 9.17) is 0 Å². The van der Waals surface area contributed by atoms with Crippen molar-refractivity contribution < 1.29 is 0 Å². The smallest absolute Gasteiger partial charge is 0.0107 e. The van der Waals surface area contributed by atoms with Crippen LogP contribution in [-0.2, 0) is 0 Å². The van der Waals surface area contributed by atoms with Gasteiger partial charge in [0, 0.05) is 32.7 Å². The highest BCUT2D eigenvalue weighted by atomic mass is 15.2. The second-order valence-corrected chi connectivity index (χ2v) is 6.52. The Kier molecular flexibility index (Phi) is 5.93. The molecule has 0 bridgehead atoms. The Balaban J connectivity index is 1.57. The summed E-state index contributed by atoms with van der Waals surface area (Å²) in [7, 11) is 0. The van der Waals surface area contributed by atoms with Crippen molar-refractivity contribution in [3.8, 4) is 0 Å². The number of piperazine rings is 1. The minimum Gasteiger partial charge on any atom is -0.314 e. The summed E-state index contributed by atoms with van der Waals surface area (Å²) >= 11 is 0. The predicted molar refractivity (Wildman–Crippen MR) is 77.9 cm³/mol. The molecule has 1 unspecified atom stereocenters. The summed E-state index contributed by atoms with van der Waals surface area (Å²) in [5, 5.41) is 3.43. The number of nitrogens with one attached hydrogen (secondary N) is 1. The molecule has 0 aromatic rings. The maximum Gasteiger partial charge on any atom is 0.0107 e. The Labute approximate surface area is 113 Å². The van der Waals surface area contributed by atoms with Crippen molar-refractivity contribution in [2.45, 2.75) is 33.1 Å². The van der Waals surface area contributed by atoms with Gasteiger partial charge in [-0.25, -0.2) is 0 Å². The summed E-state index contributed by atoms with van der Waals surface area (Å²) in [4.78, 5) is 5.32. The molecule has 2 rings (SSSR count). The van der Waals surface area contributed by atoms with E-state index in [1.807, 2.05) is 0 Å². The molecule has 2 fully saturated rings. The van der Waals surface area contributed by atoms with Gasteiger partial charge in [-0.3, -0.25) is 0 Å². The van der Waals surface area contributed by atoms with Crippen molar-refractivity contribution in [3.05, 3.63) is 0 Å². The first-order chi connectivity index (χ1) is 8.74. The molecule has 1 N–H and O–H groups in total. The fourth-order valence-corrected chi connectivity index (χ4v) is 3.09. The van der Waals surface area contributed by atoms with E-state index in [9.17, 15) is 0 Å². The summed E-state index contributed by atoms with van der Waals surface area (Å²) in [6.07, 6.45) is 4.22. The molecule has 3 nitrogen and oxygen atoms in total. The molecule has 1 atom stereocenters. The first-order valence-electron chi connectivity index (χ1n) is 7.89. The minimum absolute atomic E-state index is 0.852. The molecular formula is C15H31N3. The van der Waals surface area contributed by atoms with E-state index in [-0.39, 0.29) is 0 Å². The molecule has 2 aliphatic heterocycles. The summed E-state index contributed by atoms with van der Waals surface area (Å²) in [6, 6.07) is 0. The lowest BCUT2D eigenvalue weighted by Gasteiger charge is -2.28. The average molecular weight is 253 g/mol. The van der Waals surface area contributed by atoms with E-state index < -0.39 is 0 Å². The van der Waals surface area contributed by atoms with Crippen LogP contribution in [0.2, 0.25) is 0 Å². The summed E-state index contributed by atoms with van der Waals surface area (Å²) in [5.74, 6) is 1.82. The van der Waals surface area contributed by atoms with Gasteiger partial charge < -0.3 is 15.1 Å². The van der Waals surface area contributed by atoms with Gasteiger partial charge in [0.05, 0.1) is 0 Å². The highest BCUT2D eigenvalue weighted by Crippen LogP contribution is 2.20. The standard InChI is InChI=1S/C15H31N3/c1-14(2)3-8-18-10-5-15(13-18)4-9-17-11-6-16-7-12-17/h14-16H,3-13H2,1-2H3. The van der Waals surface area contributed by atoms with Crippen molar-refractivity contribution >= 4 is 0 Å². The van der Waals surface area contributed by atoms with Crippen LogP contribution in [0.15, 0.2) is 0 Å². The first-order valence-corrected chi connectivity index (χ1v) is 7.89. The lowest BCUT2D eigenvalue weighted by atomic mass is 10.0. The van der Waals surface area contributed by atoms with Crippen molar-refractivity contribution in [2.75, 3.05) is 52.4 Å². The van der Waals surface area contributed by atoms with Gasteiger partial charge >= 0.3 is 0 Å². The third-order valence-electron chi connectivity index (χ3n) is 4.46. The summed E-state index contributed by atoms with van der Waals surface area (Å²) in [5.41, 5.74) is 0. The average Bonchev–Trinajstić information content (AvgIpc) is 2.83. The molecule has 0 amide bonds. The number of likely N-dealkylation sites (tertiary alicyclic amines) is 1. The van der Waals surface area contributed by atoms with Gasteiger partial charge in [-0.1, -0.05) is 13.8 Å². The molecule has 0 spiro atoms. The Morgan fingerprint density at radius 1 is 1.06 bits per heavy atom. The Hall–Kier alpha value is -0.120. The molecule has 0 saturated carbocycles. The van der Waals surface area contributed by atoms with Crippen LogP contribution in [0.3, 0.4) is 0 Å². The third kappa shape index (κ3) is 4.87. The molecule has 0 aliphatic carbocycles. The fraction of sp³-hybridized carbons (Fsp3) is 1.00. The van der Waals surface area contributed by atoms with Crippen LogP contribution in [0.25, 0.3) is 0 Å². The normalized spacial score (nSPS) is 27.2. The molecule has 0 radical (unpaired) electrons. The third-order valence-corrected chi connectivity index (χ3v) is 4.46. The van der Waals surface area contributed by atoms with Crippen molar-refractivity contribution in [1.29, 1.82) is 0 Å². The highest BCUT2D eigenvalue weighted by Gasteiger charge is 2.22. The topological polar surface area (TPSA) is 18.5 Å². The number of hydrogen-bond acceptors (Lipinski definition) is 3. The van der Waals surface area contributed by atoms with Gasteiger partial charge in [0.2, 0.25) is 0 Å². The first kappa shape index (κ1) is 14.3. The van der Waals surface area contributed by atoms with Crippen molar-refractivity contribution in [2.24, 2.45) is 11.8 Å². The van der Waals surface area contributed by atoms with E-state index >= 15 is 0 Å². The van der Waals surface area contributed by atoms with Gasteiger partial charge in [0.1, 0.15) is 0 Å². The highest BCUT2D eigenvalue weighted by molar-refractivity contribution is 4.77. The maximum atomic E-state index is 3.43.